The van der Waals surface area contributed by atoms with E-state index in [1.54, 1.807) is 13.0 Å². The number of aromatic hydroxyl groups is 1. The number of anilines is 2. The molecule has 1 heterocycles. The van der Waals surface area contributed by atoms with Gasteiger partial charge in [0.05, 0.1) is 23.4 Å². The number of aromatic nitrogens is 1. The van der Waals surface area contributed by atoms with Crippen LogP contribution in [0, 0.1) is 6.92 Å². The normalized spacial score (nSPS) is 10.9. The minimum atomic E-state index is -0.367. The van der Waals surface area contributed by atoms with E-state index < -0.39 is 0 Å². The molecular formula is C20H22N2O3. The second kappa shape index (κ2) is 6.51. The summed E-state index contributed by atoms with van der Waals surface area (Å²) in [6.45, 7) is 3.97. The van der Waals surface area contributed by atoms with Crippen LogP contribution in [0.3, 0.4) is 0 Å². The summed E-state index contributed by atoms with van der Waals surface area (Å²) in [5.41, 5.74) is 3.83. The SMILES string of the molecule is CCOC(=O)c1c(C)n(C)c2cc(N(C)c3ccccc3)c(O)cc12. The first kappa shape index (κ1) is 16.9. The lowest BCUT2D eigenvalue weighted by molar-refractivity contribution is 0.0527. The molecule has 1 aromatic heterocycles. The van der Waals surface area contributed by atoms with Crippen LogP contribution >= 0.6 is 0 Å². The molecule has 0 aliphatic rings. The highest BCUT2D eigenvalue weighted by Crippen LogP contribution is 2.38. The summed E-state index contributed by atoms with van der Waals surface area (Å²) in [6.07, 6.45) is 0. The molecule has 0 unspecified atom stereocenters. The van der Waals surface area contributed by atoms with E-state index in [0.717, 1.165) is 16.9 Å². The van der Waals surface area contributed by atoms with Gasteiger partial charge in [0.25, 0.3) is 0 Å². The van der Waals surface area contributed by atoms with E-state index in [-0.39, 0.29) is 11.7 Å². The minimum Gasteiger partial charge on any atom is -0.506 e. The minimum absolute atomic E-state index is 0.120. The lowest BCUT2D eigenvalue weighted by Gasteiger charge is -2.21. The number of benzene rings is 2. The Labute approximate surface area is 147 Å². The van der Waals surface area contributed by atoms with Gasteiger partial charge >= 0.3 is 5.97 Å². The maximum Gasteiger partial charge on any atom is 0.340 e. The first-order chi connectivity index (χ1) is 12.0. The van der Waals surface area contributed by atoms with Crippen LogP contribution in [0.15, 0.2) is 42.5 Å². The molecule has 1 N–H and O–H groups in total. The molecule has 3 rings (SSSR count). The number of hydrogen-bond donors (Lipinski definition) is 1. The fourth-order valence-electron chi connectivity index (χ4n) is 3.11. The molecule has 0 aliphatic heterocycles. The Balaban J connectivity index is 2.17. The number of carbonyl (C=O) groups excluding carboxylic acids is 1. The van der Waals surface area contributed by atoms with Crippen LogP contribution in [0.25, 0.3) is 10.9 Å². The number of ether oxygens (including phenoxy) is 1. The highest BCUT2D eigenvalue weighted by Gasteiger charge is 2.22. The lowest BCUT2D eigenvalue weighted by atomic mass is 10.1. The number of hydrogen-bond acceptors (Lipinski definition) is 4. The predicted octanol–water partition coefficient (Wildman–Crippen LogP) is 4.14. The van der Waals surface area contributed by atoms with Crippen LogP contribution < -0.4 is 4.90 Å². The van der Waals surface area contributed by atoms with E-state index in [9.17, 15) is 9.90 Å². The molecule has 0 bridgehead atoms. The molecule has 0 aliphatic carbocycles. The Kier molecular flexibility index (Phi) is 4.40. The molecule has 0 amide bonds. The van der Waals surface area contributed by atoms with Crippen molar-refractivity contribution in [1.29, 1.82) is 0 Å². The first-order valence-corrected chi connectivity index (χ1v) is 8.23. The van der Waals surface area contributed by atoms with E-state index >= 15 is 0 Å². The standard InChI is InChI=1S/C20H22N2O3/c1-5-25-20(24)19-13(2)21(3)16-12-17(18(23)11-15(16)19)22(4)14-9-7-6-8-10-14/h6-12,23H,5H2,1-4H3. The average molecular weight is 338 g/mol. The van der Waals surface area contributed by atoms with Crippen LogP contribution in [0.4, 0.5) is 11.4 Å². The van der Waals surface area contributed by atoms with Crippen molar-refractivity contribution in [3.05, 3.63) is 53.7 Å². The third-order valence-corrected chi connectivity index (χ3v) is 4.57. The van der Waals surface area contributed by atoms with Crippen LogP contribution in [0.5, 0.6) is 5.75 Å². The first-order valence-electron chi connectivity index (χ1n) is 8.23. The Morgan fingerprint density at radius 1 is 1.24 bits per heavy atom. The number of fused-ring (bicyclic) bond motifs is 1. The maximum absolute atomic E-state index is 12.3. The number of rotatable bonds is 4. The highest BCUT2D eigenvalue weighted by atomic mass is 16.5. The molecule has 0 fully saturated rings. The summed E-state index contributed by atoms with van der Waals surface area (Å²) in [7, 11) is 3.81. The number of esters is 1. The quantitative estimate of drug-likeness (QED) is 0.727. The van der Waals surface area contributed by atoms with Gasteiger partial charge in [-0.3, -0.25) is 0 Å². The Hall–Kier alpha value is -2.95. The number of carbonyl (C=O) groups is 1. The van der Waals surface area contributed by atoms with E-state index in [4.69, 9.17) is 4.74 Å². The van der Waals surface area contributed by atoms with Crippen LogP contribution in [-0.4, -0.2) is 29.3 Å². The largest absolute Gasteiger partial charge is 0.506 e. The summed E-state index contributed by atoms with van der Waals surface area (Å²) < 4.78 is 7.12. The highest BCUT2D eigenvalue weighted by molar-refractivity contribution is 6.07. The van der Waals surface area contributed by atoms with Gasteiger partial charge in [-0.25, -0.2) is 4.79 Å². The summed E-state index contributed by atoms with van der Waals surface area (Å²) in [5.74, 6) is -0.246. The van der Waals surface area contributed by atoms with Gasteiger partial charge in [-0.1, -0.05) is 18.2 Å². The van der Waals surface area contributed by atoms with Crippen molar-refractivity contribution >= 4 is 28.2 Å². The average Bonchev–Trinajstić information content (AvgIpc) is 2.85. The molecule has 0 spiro atoms. The Bertz CT molecular complexity index is 929. The fourth-order valence-corrected chi connectivity index (χ4v) is 3.11. The molecule has 0 saturated carbocycles. The van der Waals surface area contributed by atoms with Gasteiger partial charge in [0.2, 0.25) is 0 Å². The summed E-state index contributed by atoms with van der Waals surface area (Å²) >= 11 is 0. The zero-order chi connectivity index (χ0) is 18.1. The zero-order valence-electron chi connectivity index (χ0n) is 14.9. The third-order valence-electron chi connectivity index (χ3n) is 4.57. The molecule has 0 saturated heterocycles. The zero-order valence-corrected chi connectivity index (χ0v) is 14.9. The number of nitrogens with zero attached hydrogens (tertiary/aromatic N) is 2. The van der Waals surface area contributed by atoms with E-state index in [2.05, 4.69) is 0 Å². The van der Waals surface area contributed by atoms with Crippen molar-refractivity contribution in [3.63, 3.8) is 0 Å². The van der Waals surface area contributed by atoms with Gasteiger partial charge in [-0.05, 0) is 38.1 Å². The molecule has 3 aromatic rings. The van der Waals surface area contributed by atoms with Crippen molar-refractivity contribution in [2.24, 2.45) is 7.05 Å². The smallest absolute Gasteiger partial charge is 0.340 e. The van der Waals surface area contributed by atoms with Gasteiger partial charge in [-0.2, -0.15) is 0 Å². The van der Waals surface area contributed by atoms with Crippen molar-refractivity contribution in [2.75, 3.05) is 18.6 Å². The Morgan fingerprint density at radius 2 is 1.92 bits per heavy atom. The van der Waals surface area contributed by atoms with Crippen LogP contribution in [0.2, 0.25) is 0 Å². The van der Waals surface area contributed by atoms with Gasteiger partial charge in [0.15, 0.2) is 0 Å². The molecule has 25 heavy (non-hydrogen) atoms. The Morgan fingerprint density at radius 3 is 2.56 bits per heavy atom. The lowest BCUT2D eigenvalue weighted by Crippen LogP contribution is -2.09. The monoisotopic (exact) mass is 338 g/mol. The van der Waals surface area contributed by atoms with Crippen molar-refractivity contribution in [1.82, 2.24) is 4.57 Å². The molecule has 0 radical (unpaired) electrons. The number of phenolic OH excluding ortho intramolecular Hbond substituents is 1. The van der Waals surface area contributed by atoms with Crippen LogP contribution in [-0.2, 0) is 11.8 Å². The van der Waals surface area contributed by atoms with Gasteiger partial charge in [0.1, 0.15) is 5.75 Å². The topological polar surface area (TPSA) is 54.7 Å². The maximum atomic E-state index is 12.3. The van der Waals surface area contributed by atoms with Crippen molar-refractivity contribution in [3.8, 4) is 5.75 Å². The molecule has 5 heteroatoms. The molecule has 5 nitrogen and oxygen atoms in total. The van der Waals surface area contributed by atoms with Gasteiger partial charge in [-0.15, -0.1) is 0 Å². The summed E-state index contributed by atoms with van der Waals surface area (Å²) in [4.78, 5) is 14.2. The van der Waals surface area contributed by atoms with Gasteiger partial charge in [0, 0.05) is 30.9 Å². The van der Waals surface area contributed by atoms with E-state index in [1.165, 1.54) is 0 Å². The summed E-state index contributed by atoms with van der Waals surface area (Å²) in [5, 5.41) is 11.3. The van der Waals surface area contributed by atoms with Gasteiger partial charge < -0.3 is 19.3 Å². The number of aryl methyl sites for hydroxylation is 1. The predicted molar refractivity (Wildman–Crippen MR) is 99.8 cm³/mol. The van der Waals surface area contributed by atoms with Crippen molar-refractivity contribution in [2.45, 2.75) is 13.8 Å². The molecule has 130 valence electrons. The fraction of sp³-hybridized carbons (Fsp3) is 0.250. The molecule has 2 aromatic carbocycles. The molecular weight excluding hydrogens is 316 g/mol. The second-order valence-corrected chi connectivity index (χ2v) is 5.99. The van der Waals surface area contributed by atoms with Crippen molar-refractivity contribution < 1.29 is 14.6 Å². The number of para-hydroxylation sites is 1. The molecule has 0 atom stereocenters. The van der Waals surface area contributed by atoms with E-state index in [0.29, 0.717) is 23.2 Å². The second-order valence-electron chi connectivity index (χ2n) is 5.99. The van der Waals surface area contributed by atoms with E-state index in [1.807, 2.05) is 66.9 Å². The third kappa shape index (κ3) is 2.82. The summed E-state index contributed by atoms with van der Waals surface area (Å²) in [6, 6.07) is 13.3. The number of phenols is 1. The van der Waals surface area contributed by atoms with Crippen LogP contribution in [0.1, 0.15) is 23.0 Å².